The standard InChI is InChI=1S/C17H16N2O2S/c1-11(15-8-5-9-22-15)18-17(21)13-10-16(20)19(2)14-7-4-3-6-12(13)14/h3-11H,1-2H3,(H,18,21)/t11-/m1/s1. The van der Waals surface area contributed by atoms with Gasteiger partial charge in [-0.15, -0.1) is 11.3 Å². The SMILES string of the molecule is C[C@@H](NC(=O)c1cc(=O)n(C)c2ccccc12)c1cccs1. The zero-order valence-electron chi connectivity index (χ0n) is 12.4. The predicted molar refractivity (Wildman–Crippen MR) is 89.4 cm³/mol. The Balaban J connectivity index is 2.01. The van der Waals surface area contributed by atoms with Gasteiger partial charge >= 0.3 is 0 Å². The number of fused-ring (bicyclic) bond motifs is 1. The molecule has 0 radical (unpaired) electrons. The van der Waals surface area contributed by atoms with E-state index in [1.54, 1.807) is 23.0 Å². The number of carbonyl (C=O) groups excluding carboxylic acids is 1. The minimum Gasteiger partial charge on any atom is -0.345 e. The van der Waals surface area contributed by atoms with Gasteiger partial charge in [0.2, 0.25) is 0 Å². The Morgan fingerprint density at radius 2 is 2.00 bits per heavy atom. The lowest BCUT2D eigenvalue weighted by Crippen LogP contribution is -2.28. The first-order chi connectivity index (χ1) is 10.6. The third kappa shape index (κ3) is 2.55. The molecule has 0 fully saturated rings. The number of para-hydroxylation sites is 1. The average Bonchev–Trinajstić information content (AvgIpc) is 3.05. The van der Waals surface area contributed by atoms with E-state index in [0.29, 0.717) is 5.56 Å². The molecule has 0 unspecified atom stereocenters. The van der Waals surface area contributed by atoms with Gasteiger partial charge in [-0.2, -0.15) is 0 Å². The maximum absolute atomic E-state index is 12.6. The molecule has 2 heterocycles. The van der Waals surface area contributed by atoms with Crippen LogP contribution in [0.25, 0.3) is 10.9 Å². The Morgan fingerprint density at radius 3 is 2.73 bits per heavy atom. The van der Waals surface area contributed by atoms with E-state index >= 15 is 0 Å². The van der Waals surface area contributed by atoms with Gasteiger partial charge in [0.05, 0.1) is 17.1 Å². The minimum absolute atomic E-state index is 0.0877. The van der Waals surface area contributed by atoms with Gasteiger partial charge in [-0.1, -0.05) is 24.3 Å². The number of thiophene rings is 1. The molecule has 1 amide bonds. The second-order valence-corrected chi connectivity index (χ2v) is 6.16. The number of nitrogens with one attached hydrogen (secondary N) is 1. The van der Waals surface area contributed by atoms with Crippen molar-refractivity contribution in [2.24, 2.45) is 7.05 Å². The topological polar surface area (TPSA) is 51.1 Å². The summed E-state index contributed by atoms with van der Waals surface area (Å²) < 4.78 is 1.55. The highest BCUT2D eigenvalue weighted by atomic mass is 32.1. The molecule has 112 valence electrons. The predicted octanol–water partition coefficient (Wildman–Crippen LogP) is 3.09. The van der Waals surface area contributed by atoms with Crippen molar-refractivity contribution in [1.82, 2.24) is 9.88 Å². The van der Waals surface area contributed by atoms with Gasteiger partial charge in [-0.05, 0) is 24.4 Å². The highest BCUT2D eigenvalue weighted by Crippen LogP contribution is 2.20. The van der Waals surface area contributed by atoms with Crippen LogP contribution in [0, 0.1) is 0 Å². The van der Waals surface area contributed by atoms with Gasteiger partial charge in [-0.3, -0.25) is 9.59 Å². The molecule has 0 saturated carbocycles. The normalized spacial score (nSPS) is 12.3. The summed E-state index contributed by atoms with van der Waals surface area (Å²) in [7, 11) is 1.71. The lowest BCUT2D eigenvalue weighted by atomic mass is 10.1. The fraction of sp³-hybridized carbons (Fsp3) is 0.176. The molecule has 0 aliphatic rings. The van der Waals surface area contributed by atoms with E-state index in [-0.39, 0.29) is 17.5 Å². The summed E-state index contributed by atoms with van der Waals surface area (Å²) >= 11 is 1.60. The molecule has 5 heteroatoms. The first kappa shape index (κ1) is 14.5. The van der Waals surface area contributed by atoms with Crippen LogP contribution >= 0.6 is 11.3 Å². The van der Waals surface area contributed by atoms with Crippen LogP contribution < -0.4 is 10.9 Å². The van der Waals surface area contributed by atoms with Crippen LogP contribution in [0.1, 0.15) is 28.2 Å². The highest BCUT2D eigenvalue weighted by molar-refractivity contribution is 7.10. The molecular formula is C17H16N2O2S. The molecular weight excluding hydrogens is 296 g/mol. The van der Waals surface area contributed by atoms with Gasteiger partial charge in [0, 0.05) is 23.4 Å². The summed E-state index contributed by atoms with van der Waals surface area (Å²) in [5, 5.41) is 5.72. The fourth-order valence-corrected chi connectivity index (χ4v) is 3.22. The van der Waals surface area contributed by atoms with Crippen molar-refractivity contribution in [3.05, 3.63) is 68.6 Å². The van der Waals surface area contributed by atoms with Crippen molar-refractivity contribution >= 4 is 28.1 Å². The van der Waals surface area contributed by atoms with E-state index in [1.165, 1.54) is 6.07 Å². The lowest BCUT2D eigenvalue weighted by molar-refractivity contribution is 0.0942. The van der Waals surface area contributed by atoms with Crippen molar-refractivity contribution in [2.75, 3.05) is 0 Å². The average molecular weight is 312 g/mol. The van der Waals surface area contributed by atoms with Crippen LogP contribution in [0.2, 0.25) is 0 Å². The van der Waals surface area contributed by atoms with E-state index in [2.05, 4.69) is 5.32 Å². The Hall–Kier alpha value is -2.40. The van der Waals surface area contributed by atoms with Gasteiger partial charge in [0.15, 0.2) is 0 Å². The zero-order valence-corrected chi connectivity index (χ0v) is 13.2. The number of carbonyl (C=O) groups is 1. The zero-order chi connectivity index (χ0) is 15.7. The number of amides is 1. The summed E-state index contributed by atoms with van der Waals surface area (Å²) in [5.41, 5.74) is 0.985. The van der Waals surface area contributed by atoms with Gasteiger partial charge in [-0.25, -0.2) is 0 Å². The van der Waals surface area contributed by atoms with E-state index in [1.807, 2.05) is 48.7 Å². The largest absolute Gasteiger partial charge is 0.345 e. The van der Waals surface area contributed by atoms with Crippen molar-refractivity contribution in [2.45, 2.75) is 13.0 Å². The highest BCUT2D eigenvalue weighted by Gasteiger charge is 2.16. The monoisotopic (exact) mass is 312 g/mol. The molecule has 22 heavy (non-hydrogen) atoms. The molecule has 3 rings (SSSR count). The van der Waals surface area contributed by atoms with Crippen LogP contribution in [-0.4, -0.2) is 10.5 Å². The molecule has 1 aromatic carbocycles. The van der Waals surface area contributed by atoms with E-state index in [9.17, 15) is 9.59 Å². The van der Waals surface area contributed by atoms with E-state index < -0.39 is 0 Å². The molecule has 0 aliphatic carbocycles. The van der Waals surface area contributed by atoms with Crippen molar-refractivity contribution in [1.29, 1.82) is 0 Å². The smallest absolute Gasteiger partial charge is 0.252 e. The number of hydrogen-bond acceptors (Lipinski definition) is 3. The molecule has 0 saturated heterocycles. The van der Waals surface area contributed by atoms with Crippen LogP contribution in [0.15, 0.2) is 52.6 Å². The molecule has 0 bridgehead atoms. The Morgan fingerprint density at radius 1 is 1.23 bits per heavy atom. The molecule has 1 atom stereocenters. The molecule has 0 spiro atoms. The van der Waals surface area contributed by atoms with Crippen molar-refractivity contribution in [3.63, 3.8) is 0 Å². The summed E-state index contributed by atoms with van der Waals surface area (Å²) in [6.07, 6.45) is 0. The second-order valence-electron chi connectivity index (χ2n) is 5.18. The Labute approximate surface area is 132 Å². The number of nitrogens with zero attached hydrogens (tertiary/aromatic N) is 1. The summed E-state index contributed by atoms with van der Waals surface area (Å²) in [5.74, 6) is -0.227. The number of pyridine rings is 1. The first-order valence-electron chi connectivity index (χ1n) is 7.01. The maximum atomic E-state index is 12.6. The summed E-state index contributed by atoms with van der Waals surface area (Å²) in [6, 6.07) is 12.7. The fourth-order valence-electron chi connectivity index (χ4n) is 2.48. The van der Waals surface area contributed by atoms with Crippen molar-refractivity contribution < 1.29 is 4.79 Å². The van der Waals surface area contributed by atoms with Gasteiger partial charge in [0.1, 0.15) is 0 Å². The maximum Gasteiger partial charge on any atom is 0.252 e. The summed E-state index contributed by atoms with van der Waals surface area (Å²) in [6.45, 7) is 1.94. The number of hydrogen-bond donors (Lipinski definition) is 1. The molecule has 1 N–H and O–H groups in total. The third-order valence-corrected chi connectivity index (χ3v) is 4.77. The van der Waals surface area contributed by atoms with Crippen molar-refractivity contribution in [3.8, 4) is 0 Å². The van der Waals surface area contributed by atoms with E-state index in [0.717, 1.165) is 15.8 Å². The Bertz CT molecular complexity index is 881. The first-order valence-corrected chi connectivity index (χ1v) is 7.89. The number of aromatic nitrogens is 1. The third-order valence-electron chi connectivity index (χ3n) is 3.72. The summed E-state index contributed by atoms with van der Waals surface area (Å²) in [4.78, 5) is 25.7. The van der Waals surface area contributed by atoms with E-state index in [4.69, 9.17) is 0 Å². The van der Waals surface area contributed by atoms with Gasteiger partial charge in [0.25, 0.3) is 11.5 Å². The second kappa shape index (κ2) is 5.77. The number of rotatable bonds is 3. The number of benzene rings is 1. The molecule has 2 aromatic heterocycles. The molecule has 3 aromatic rings. The lowest BCUT2D eigenvalue weighted by Gasteiger charge is -2.14. The van der Waals surface area contributed by atoms with Crippen LogP contribution in [0.4, 0.5) is 0 Å². The minimum atomic E-state index is -0.227. The van der Waals surface area contributed by atoms with Crippen LogP contribution in [0.5, 0.6) is 0 Å². The quantitative estimate of drug-likeness (QED) is 0.808. The molecule has 0 aliphatic heterocycles. The van der Waals surface area contributed by atoms with Crippen LogP contribution in [-0.2, 0) is 7.05 Å². The molecule has 4 nitrogen and oxygen atoms in total. The van der Waals surface area contributed by atoms with Crippen LogP contribution in [0.3, 0.4) is 0 Å². The number of aryl methyl sites for hydroxylation is 1. The Kier molecular flexibility index (Phi) is 3.81. The van der Waals surface area contributed by atoms with Gasteiger partial charge < -0.3 is 9.88 Å².